The average Bonchev–Trinajstić information content (AvgIpc) is 2.26. The lowest BCUT2D eigenvalue weighted by molar-refractivity contribution is -0.0161. The molecule has 0 aromatic heterocycles. The van der Waals surface area contributed by atoms with E-state index in [1.165, 1.54) is 0 Å². The van der Waals surface area contributed by atoms with Crippen LogP contribution in [-0.4, -0.2) is 24.9 Å². The van der Waals surface area contributed by atoms with Crippen molar-refractivity contribution in [1.82, 2.24) is 0 Å². The third-order valence-corrected chi connectivity index (χ3v) is 2.57. The number of rotatable bonds is 5. The predicted octanol–water partition coefficient (Wildman–Crippen LogP) is 1.74. The molecule has 0 fully saturated rings. The Morgan fingerprint density at radius 2 is 2.00 bits per heavy atom. The highest BCUT2D eigenvalue weighted by molar-refractivity contribution is 6.30. The topological polar surface area (TPSA) is 55.5 Å². The summed E-state index contributed by atoms with van der Waals surface area (Å²) in [6.07, 6.45) is -0.299. The van der Waals surface area contributed by atoms with Gasteiger partial charge in [-0.05, 0) is 30.7 Å². The molecule has 3 N–H and O–H groups in total. The van der Waals surface area contributed by atoms with Crippen molar-refractivity contribution in [2.45, 2.75) is 18.6 Å². The van der Waals surface area contributed by atoms with Crippen LogP contribution in [-0.2, 0) is 4.74 Å². The lowest BCUT2D eigenvalue weighted by Crippen LogP contribution is -2.24. The Hall–Kier alpha value is -0.610. The molecule has 0 radical (unpaired) electrons. The van der Waals surface area contributed by atoms with Crippen molar-refractivity contribution >= 4 is 11.6 Å². The van der Waals surface area contributed by atoms with Crippen LogP contribution in [0.3, 0.4) is 0 Å². The van der Waals surface area contributed by atoms with Crippen molar-refractivity contribution in [2.75, 3.05) is 13.7 Å². The number of methoxy groups -OCH3 is 1. The molecule has 1 rings (SSSR count). The number of hydrogen-bond acceptors (Lipinski definition) is 3. The van der Waals surface area contributed by atoms with Gasteiger partial charge in [-0.25, -0.2) is 0 Å². The van der Waals surface area contributed by atoms with Gasteiger partial charge in [0, 0.05) is 12.1 Å². The highest BCUT2D eigenvalue weighted by Gasteiger charge is 2.19. The number of hydrogen-bond donors (Lipinski definition) is 2. The molecule has 0 spiro atoms. The Kier molecular flexibility index (Phi) is 5.05. The number of ether oxygens (including phenoxy) is 1. The fourth-order valence-corrected chi connectivity index (χ4v) is 1.57. The second-order valence-electron chi connectivity index (χ2n) is 3.35. The van der Waals surface area contributed by atoms with Crippen molar-refractivity contribution in [3.05, 3.63) is 34.9 Å². The van der Waals surface area contributed by atoms with Gasteiger partial charge in [0.25, 0.3) is 0 Å². The van der Waals surface area contributed by atoms with Crippen molar-refractivity contribution < 1.29 is 9.84 Å². The highest BCUT2D eigenvalue weighted by atomic mass is 35.5. The Bertz CT molecular complexity index is 289. The lowest BCUT2D eigenvalue weighted by atomic mass is 10.0. The van der Waals surface area contributed by atoms with Gasteiger partial charge in [-0.2, -0.15) is 0 Å². The molecule has 0 amide bonds. The van der Waals surface area contributed by atoms with Crippen LogP contribution in [0.2, 0.25) is 5.02 Å². The Morgan fingerprint density at radius 1 is 1.40 bits per heavy atom. The first-order valence-corrected chi connectivity index (χ1v) is 5.23. The minimum Gasteiger partial charge on any atom is -0.386 e. The smallest absolute Gasteiger partial charge is 0.105 e. The first-order valence-electron chi connectivity index (χ1n) is 4.85. The van der Waals surface area contributed by atoms with E-state index in [0.29, 0.717) is 18.0 Å². The van der Waals surface area contributed by atoms with E-state index in [-0.39, 0.29) is 6.10 Å². The predicted molar refractivity (Wildman–Crippen MR) is 60.9 cm³/mol. The van der Waals surface area contributed by atoms with Gasteiger partial charge < -0.3 is 15.6 Å². The zero-order chi connectivity index (χ0) is 11.3. The highest BCUT2D eigenvalue weighted by Crippen LogP contribution is 2.22. The van der Waals surface area contributed by atoms with Crippen molar-refractivity contribution in [3.8, 4) is 0 Å². The van der Waals surface area contributed by atoms with Crippen LogP contribution in [0, 0.1) is 0 Å². The van der Waals surface area contributed by atoms with Gasteiger partial charge in [-0.15, -0.1) is 0 Å². The Balaban J connectivity index is 2.73. The summed E-state index contributed by atoms with van der Waals surface area (Å²) in [6.45, 7) is 0.489. The quantitative estimate of drug-likeness (QED) is 0.809. The molecule has 2 unspecified atom stereocenters. The van der Waals surface area contributed by atoms with E-state index < -0.39 is 6.10 Å². The third-order valence-electron chi connectivity index (χ3n) is 2.32. The number of aliphatic hydroxyl groups excluding tert-OH is 1. The molecule has 1 aromatic rings. The summed E-state index contributed by atoms with van der Waals surface area (Å²) >= 11 is 5.76. The van der Waals surface area contributed by atoms with Gasteiger partial charge in [0.15, 0.2) is 0 Å². The first kappa shape index (κ1) is 12.5. The van der Waals surface area contributed by atoms with Crippen LogP contribution in [0.5, 0.6) is 0 Å². The van der Waals surface area contributed by atoms with Gasteiger partial charge >= 0.3 is 0 Å². The first-order chi connectivity index (χ1) is 7.19. The molecule has 0 aliphatic heterocycles. The number of benzene rings is 1. The normalized spacial score (nSPS) is 14.9. The van der Waals surface area contributed by atoms with Crippen LogP contribution in [0.25, 0.3) is 0 Å². The molecule has 4 heteroatoms. The minimum absolute atomic E-state index is 0.267. The molecule has 15 heavy (non-hydrogen) atoms. The largest absolute Gasteiger partial charge is 0.386 e. The van der Waals surface area contributed by atoms with Crippen LogP contribution >= 0.6 is 11.6 Å². The molecular weight excluding hydrogens is 214 g/mol. The van der Waals surface area contributed by atoms with Gasteiger partial charge in [-0.3, -0.25) is 0 Å². The van der Waals surface area contributed by atoms with E-state index in [1.807, 2.05) is 0 Å². The van der Waals surface area contributed by atoms with Gasteiger partial charge in [0.05, 0.1) is 6.10 Å². The third kappa shape index (κ3) is 3.47. The van der Waals surface area contributed by atoms with Crippen LogP contribution < -0.4 is 5.73 Å². The average molecular weight is 230 g/mol. The van der Waals surface area contributed by atoms with Crippen molar-refractivity contribution in [2.24, 2.45) is 5.73 Å². The fourth-order valence-electron chi connectivity index (χ4n) is 1.44. The van der Waals surface area contributed by atoms with E-state index in [1.54, 1.807) is 31.4 Å². The van der Waals surface area contributed by atoms with E-state index in [4.69, 9.17) is 22.1 Å². The number of halogens is 1. The lowest BCUT2D eigenvalue weighted by Gasteiger charge is -2.21. The summed E-state index contributed by atoms with van der Waals surface area (Å²) in [5, 5.41) is 10.6. The number of aliphatic hydroxyl groups is 1. The summed E-state index contributed by atoms with van der Waals surface area (Å²) in [5.41, 5.74) is 6.22. The maximum atomic E-state index is 9.98. The minimum atomic E-state index is -0.657. The second-order valence-corrected chi connectivity index (χ2v) is 3.78. The maximum absolute atomic E-state index is 9.98. The number of nitrogens with two attached hydrogens (primary N) is 1. The Labute approximate surface area is 94.8 Å². The Morgan fingerprint density at radius 3 is 2.47 bits per heavy atom. The monoisotopic (exact) mass is 229 g/mol. The zero-order valence-electron chi connectivity index (χ0n) is 8.69. The zero-order valence-corrected chi connectivity index (χ0v) is 9.45. The molecule has 0 bridgehead atoms. The molecule has 0 aliphatic carbocycles. The molecule has 84 valence electrons. The van der Waals surface area contributed by atoms with Crippen LogP contribution in [0.4, 0.5) is 0 Å². The summed E-state index contributed by atoms with van der Waals surface area (Å²) in [5.74, 6) is 0. The molecular formula is C11H16ClNO2. The molecule has 2 atom stereocenters. The van der Waals surface area contributed by atoms with Crippen molar-refractivity contribution in [3.63, 3.8) is 0 Å². The van der Waals surface area contributed by atoms with E-state index in [0.717, 1.165) is 5.56 Å². The van der Waals surface area contributed by atoms with Crippen LogP contribution in [0.15, 0.2) is 24.3 Å². The molecule has 3 nitrogen and oxygen atoms in total. The fraction of sp³-hybridized carbons (Fsp3) is 0.455. The summed E-state index contributed by atoms with van der Waals surface area (Å²) in [6, 6.07) is 7.07. The van der Waals surface area contributed by atoms with E-state index in [9.17, 15) is 5.11 Å². The van der Waals surface area contributed by atoms with Crippen molar-refractivity contribution in [1.29, 1.82) is 0 Å². The van der Waals surface area contributed by atoms with Gasteiger partial charge in [0.2, 0.25) is 0 Å². The van der Waals surface area contributed by atoms with Gasteiger partial charge in [0.1, 0.15) is 6.10 Å². The molecule has 0 saturated carbocycles. The molecule has 1 aromatic carbocycles. The van der Waals surface area contributed by atoms with Crippen LogP contribution in [0.1, 0.15) is 18.1 Å². The SMILES string of the molecule is COC(CCN)C(O)c1ccc(Cl)cc1. The van der Waals surface area contributed by atoms with Gasteiger partial charge in [-0.1, -0.05) is 23.7 Å². The molecule has 0 heterocycles. The van der Waals surface area contributed by atoms with E-state index in [2.05, 4.69) is 0 Å². The maximum Gasteiger partial charge on any atom is 0.105 e. The summed E-state index contributed by atoms with van der Waals surface area (Å²) < 4.78 is 5.17. The second kappa shape index (κ2) is 6.08. The molecule has 0 aliphatic rings. The summed E-state index contributed by atoms with van der Waals surface area (Å²) in [4.78, 5) is 0. The standard InChI is InChI=1S/C11H16ClNO2/c1-15-10(6-7-13)11(14)8-2-4-9(12)5-3-8/h2-5,10-11,14H,6-7,13H2,1H3. The van der Waals surface area contributed by atoms with E-state index >= 15 is 0 Å². The summed E-state index contributed by atoms with van der Waals surface area (Å²) in [7, 11) is 1.57. The molecule has 0 saturated heterocycles.